The first-order chi connectivity index (χ1) is 7.25. The number of pyridine rings is 1. The van der Waals surface area contributed by atoms with Crippen LogP contribution in [0.25, 0.3) is 0 Å². The van der Waals surface area contributed by atoms with Crippen LogP contribution in [0.1, 0.15) is 31.4 Å². The average molecular weight is 205 g/mol. The maximum absolute atomic E-state index is 11.4. The van der Waals surface area contributed by atoms with Gasteiger partial charge in [-0.2, -0.15) is 0 Å². The van der Waals surface area contributed by atoms with E-state index in [1.54, 1.807) is 12.4 Å². The van der Waals surface area contributed by atoms with Gasteiger partial charge in [-0.05, 0) is 31.4 Å². The number of nitrogens with one attached hydrogen (secondary N) is 2. The van der Waals surface area contributed by atoms with E-state index in [0.29, 0.717) is 6.04 Å². The fraction of sp³-hybridized carbons (Fsp3) is 0.455. The van der Waals surface area contributed by atoms with Gasteiger partial charge in [0.05, 0.1) is 6.04 Å². The van der Waals surface area contributed by atoms with Gasteiger partial charge in [0.1, 0.15) is 0 Å². The molecule has 0 radical (unpaired) electrons. The number of aromatic nitrogens is 1. The lowest BCUT2D eigenvalue weighted by atomic mass is 10.1. The minimum atomic E-state index is -0.0890. The minimum Gasteiger partial charge on any atom is -0.335 e. The number of carbonyl (C=O) groups is 1. The van der Waals surface area contributed by atoms with Crippen molar-refractivity contribution >= 4 is 6.03 Å². The molecule has 0 aromatic carbocycles. The summed E-state index contributed by atoms with van der Waals surface area (Å²) >= 11 is 0. The molecule has 1 fully saturated rings. The second-order valence-corrected chi connectivity index (χ2v) is 3.90. The molecule has 1 aromatic rings. The molecule has 15 heavy (non-hydrogen) atoms. The van der Waals surface area contributed by atoms with E-state index >= 15 is 0 Å². The summed E-state index contributed by atoms with van der Waals surface area (Å²) in [6.07, 6.45) is 5.70. The first kappa shape index (κ1) is 9.96. The fourth-order valence-corrected chi connectivity index (χ4v) is 1.37. The third kappa shape index (κ3) is 2.94. The maximum Gasteiger partial charge on any atom is 0.315 e. The van der Waals surface area contributed by atoms with Gasteiger partial charge in [-0.25, -0.2) is 4.79 Å². The molecule has 1 aromatic heterocycles. The van der Waals surface area contributed by atoms with E-state index in [1.165, 1.54) is 0 Å². The van der Waals surface area contributed by atoms with Gasteiger partial charge in [0.15, 0.2) is 0 Å². The quantitative estimate of drug-likeness (QED) is 0.787. The summed E-state index contributed by atoms with van der Waals surface area (Å²) in [6, 6.07) is 4.12. The molecule has 0 aliphatic heterocycles. The molecule has 1 aliphatic carbocycles. The standard InChI is InChI=1S/C11H15N3O/c1-8(9-3-2-6-12-7-9)13-11(15)14-10-4-5-10/h2-3,6-8,10H,4-5H2,1H3,(H2,13,14,15). The Labute approximate surface area is 89.1 Å². The molecule has 2 amide bonds. The second-order valence-electron chi connectivity index (χ2n) is 3.90. The van der Waals surface area contributed by atoms with Gasteiger partial charge in [-0.1, -0.05) is 6.07 Å². The van der Waals surface area contributed by atoms with Crippen molar-refractivity contribution < 1.29 is 4.79 Å². The molecule has 0 spiro atoms. The van der Waals surface area contributed by atoms with Crippen LogP contribution >= 0.6 is 0 Å². The van der Waals surface area contributed by atoms with Gasteiger partial charge in [0.2, 0.25) is 0 Å². The Hall–Kier alpha value is -1.58. The van der Waals surface area contributed by atoms with Gasteiger partial charge in [0.25, 0.3) is 0 Å². The van der Waals surface area contributed by atoms with E-state index in [2.05, 4.69) is 15.6 Å². The van der Waals surface area contributed by atoms with E-state index in [4.69, 9.17) is 0 Å². The van der Waals surface area contributed by atoms with E-state index in [-0.39, 0.29) is 12.1 Å². The zero-order valence-corrected chi connectivity index (χ0v) is 8.73. The summed E-state index contributed by atoms with van der Waals surface area (Å²) in [7, 11) is 0. The highest BCUT2D eigenvalue weighted by Gasteiger charge is 2.23. The van der Waals surface area contributed by atoms with Crippen molar-refractivity contribution in [2.24, 2.45) is 0 Å². The second kappa shape index (κ2) is 4.29. The molecule has 1 aliphatic rings. The van der Waals surface area contributed by atoms with Gasteiger partial charge >= 0.3 is 6.03 Å². The van der Waals surface area contributed by atoms with Crippen molar-refractivity contribution in [1.82, 2.24) is 15.6 Å². The molecule has 1 unspecified atom stereocenters. The lowest BCUT2D eigenvalue weighted by molar-refractivity contribution is 0.237. The van der Waals surface area contributed by atoms with Crippen molar-refractivity contribution in [1.29, 1.82) is 0 Å². The van der Waals surface area contributed by atoms with E-state index in [0.717, 1.165) is 18.4 Å². The van der Waals surface area contributed by atoms with Crippen LogP contribution in [0.2, 0.25) is 0 Å². The summed E-state index contributed by atoms with van der Waals surface area (Å²) < 4.78 is 0. The first-order valence-electron chi connectivity index (χ1n) is 5.22. The van der Waals surface area contributed by atoms with Crippen LogP contribution in [0, 0.1) is 0 Å². The summed E-state index contributed by atoms with van der Waals surface area (Å²) in [5.74, 6) is 0. The van der Waals surface area contributed by atoms with Crippen LogP contribution in [0.15, 0.2) is 24.5 Å². The molecule has 1 heterocycles. The van der Waals surface area contributed by atoms with Crippen LogP contribution < -0.4 is 10.6 Å². The Morgan fingerprint density at radius 3 is 3.00 bits per heavy atom. The average Bonchev–Trinajstić information content (AvgIpc) is 3.03. The lowest BCUT2D eigenvalue weighted by Crippen LogP contribution is -2.38. The molecule has 2 N–H and O–H groups in total. The van der Waals surface area contributed by atoms with E-state index < -0.39 is 0 Å². The molecule has 80 valence electrons. The SMILES string of the molecule is CC(NC(=O)NC1CC1)c1cccnc1. The zero-order chi connectivity index (χ0) is 10.7. The molecule has 1 saturated carbocycles. The zero-order valence-electron chi connectivity index (χ0n) is 8.73. The van der Waals surface area contributed by atoms with Crippen molar-refractivity contribution in [3.63, 3.8) is 0 Å². The number of hydrogen-bond donors (Lipinski definition) is 2. The Balaban J connectivity index is 1.85. The summed E-state index contributed by atoms with van der Waals surface area (Å²) in [5, 5.41) is 5.76. The topological polar surface area (TPSA) is 54.0 Å². The summed E-state index contributed by atoms with van der Waals surface area (Å²) in [4.78, 5) is 15.4. The van der Waals surface area contributed by atoms with Gasteiger partial charge in [0, 0.05) is 18.4 Å². The molecule has 1 atom stereocenters. The smallest absolute Gasteiger partial charge is 0.315 e. The monoisotopic (exact) mass is 205 g/mol. The van der Waals surface area contributed by atoms with E-state index in [9.17, 15) is 4.79 Å². The molecular weight excluding hydrogens is 190 g/mol. The minimum absolute atomic E-state index is 0.00236. The molecule has 0 bridgehead atoms. The molecule has 4 heteroatoms. The molecule has 2 rings (SSSR count). The van der Waals surface area contributed by atoms with Gasteiger partial charge < -0.3 is 10.6 Å². The lowest BCUT2D eigenvalue weighted by Gasteiger charge is -2.14. The van der Waals surface area contributed by atoms with Crippen LogP contribution in [-0.4, -0.2) is 17.1 Å². The Morgan fingerprint density at radius 2 is 2.40 bits per heavy atom. The number of amides is 2. The molecule has 4 nitrogen and oxygen atoms in total. The first-order valence-corrected chi connectivity index (χ1v) is 5.22. The van der Waals surface area contributed by atoms with Gasteiger partial charge in [-0.3, -0.25) is 4.98 Å². The van der Waals surface area contributed by atoms with Crippen LogP contribution in [0.3, 0.4) is 0 Å². The highest BCUT2D eigenvalue weighted by atomic mass is 16.2. The number of nitrogens with zero attached hydrogens (tertiary/aromatic N) is 1. The predicted molar refractivity (Wildman–Crippen MR) is 57.3 cm³/mol. The number of rotatable bonds is 3. The normalized spacial score (nSPS) is 16.9. The number of urea groups is 1. The van der Waals surface area contributed by atoms with Crippen molar-refractivity contribution in [3.8, 4) is 0 Å². The third-order valence-electron chi connectivity index (χ3n) is 2.44. The molecular formula is C11H15N3O. The van der Waals surface area contributed by atoms with Crippen molar-refractivity contribution in [3.05, 3.63) is 30.1 Å². The third-order valence-corrected chi connectivity index (χ3v) is 2.44. The predicted octanol–water partition coefficient (Wildman–Crippen LogP) is 1.60. The van der Waals surface area contributed by atoms with Crippen LogP contribution in [0.5, 0.6) is 0 Å². The Bertz CT molecular complexity index is 335. The highest BCUT2D eigenvalue weighted by molar-refractivity contribution is 5.75. The molecule has 0 saturated heterocycles. The van der Waals surface area contributed by atoms with E-state index in [1.807, 2.05) is 19.1 Å². The Kier molecular flexibility index (Phi) is 2.85. The van der Waals surface area contributed by atoms with Crippen LogP contribution in [0.4, 0.5) is 4.79 Å². The maximum atomic E-state index is 11.4. The summed E-state index contributed by atoms with van der Waals surface area (Å²) in [6.45, 7) is 1.95. The number of hydrogen-bond acceptors (Lipinski definition) is 2. The van der Waals surface area contributed by atoms with Crippen molar-refractivity contribution in [2.45, 2.75) is 31.8 Å². The van der Waals surface area contributed by atoms with Crippen LogP contribution in [-0.2, 0) is 0 Å². The summed E-state index contributed by atoms with van der Waals surface area (Å²) in [5.41, 5.74) is 1.02. The number of carbonyl (C=O) groups excluding carboxylic acids is 1. The highest BCUT2D eigenvalue weighted by Crippen LogP contribution is 2.18. The van der Waals surface area contributed by atoms with Gasteiger partial charge in [-0.15, -0.1) is 0 Å². The van der Waals surface area contributed by atoms with Crippen molar-refractivity contribution in [2.75, 3.05) is 0 Å². The largest absolute Gasteiger partial charge is 0.335 e. The fourth-order valence-electron chi connectivity index (χ4n) is 1.37. The Morgan fingerprint density at radius 1 is 1.60 bits per heavy atom.